The van der Waals surface area contributed by atoms with Crippen LogP contribution in [0.15, 0.2) is 24.7 Å². The van der Waals surface area contributed by atoms with Crippen LogP contribution in [0.2, 0.25) is 0 Å². The molecule has 1 saturated carbocycles. The molecule has 4 heterocycles. The van der Waals surface area contributed by atoms with Crippen LogP contribution in [0.3, 0.4) is 0 Å². The van der Waals surface area contributed by atoms with Gasteiger partial charge in [0.05, 0.1) is 11.3 Å². The Morgan fingerprint density at radius 3 is 2.39 bits per heavy atom. The fraction of sp³-hybridized carbons (Fsp3) is 0.600. The summed E-state index contributed by atoms with van der Waals surface area (Å²) in [6.45, 7) is 7.63. The Bertz CT molecular complexity index is 1020. The molecule has 0 aromatic carbocycles. The predicted octanol–water partition coefficient (Wildman–Crippen LogP) is 5.16. The first-order chi connectivity index (χ1) is 15.8. The number of nitrogens with zero attached hydrogens (tertiary/aromatic N) is 4. The number of aromatic nitrogens is 3. The van der Waals surface area contributed by atoms with Gasteiger partial charge < -0.3 is 19.1 Å². The molecule has 0 N–H and O–H groups in total. The van der Waals surface area contributed by atoms with Crippen LogP contribution in [0.1, 0.15) is 76.5 Å². The molecule has 176 valence electrons. The second-order valence-corrected chi connectivity index (χ2v) is 10.4. The minimum absolute atomic E-state index is 0.0111. The van der Waals surface area contributed by atoms with E-state index in [0.717, 1.165) is 55.5 Å². The summed E-state index contributed by atoms with van der Waals surface area (Å²) in [5, 5.41) is 0. The largest absolute Gasteiger partial charge is 0.474 e. The van der Waals surface area contributed by atoms with Crippen molar-refractivity contribution in [3.05, 3.63) is 35.9 Å². The van der Waals surface area contributed by atoms with Gasteiger partial charge in [-0.25, -0.2) is 14.8 Å². The van der Waals surface area contributed by atoms with E-state index < -0.39 is 5.60 Å². The Morgan fingerprint density at radius 1 is 1.03 bits per heavy atom. The zero-order valence-corrected chi connectivity index (χ0v) is 19.8. The van der Waals surface area contributed by atoms with Crippen LogP contribution >= 0.6 is 0 Å². The molecule has 8 nitrogen and oxygen atoms in total. The average Bonchev–Trinajstić information content (AvgIpc) is 3.55. The van der Waals surface area contributed by atoms with Gasteiger partial charge in [0.25, 0.3) is 0 Å². The molecule has 2 aromatic heterocycles. The third-order valence-electron chi connectivity index (χ3n) is 6.53. The third-order valence-corrected chi connectivity index (χ3v) is 6.53. The maximum absolute atomic E-state index is 12.7. The van der Waals surface area contributed by atoms with E-state index in [9.17, 15) is 4.79 Å². The molecule has 0 radical (unpaired) electrons. The van der Waals surface area contributed by atoms with Gasteiger partial charge >= 0.3 is 6.09 Å². The lowest BCUT2D eigenvalue weighted by atomic mass is 10.00. The normalized spacial score (nSPS) is 24.5. The molecule has 3 fully saturated rings. The molecule has 2 bridgehead atoms. The minimum atomic E-state index is -0.494. The van der Waals surface area contributed by atoms with Crippen LogP contribution in [-0.2, 0) is 4.74 Å². The maximum atomic E-state index is 12.7. The summed E-state index contributed by atoms with van der Waals surface area (Å²) in [5.74, 6) is 2.25. The highest BCUT2D eigenvalue weighted by Gasteiger charge is 2.45. The van der Waals surface area contributed by atoms with E-state index in [1.807, 2.05) is 44.7 Å². The number of pyridine rings is 1. The molecule has 2 atom stereocenters. The fourth-order valence-corrected chi connectivity index (χ4v) is 4.89. The van der Waals surface area contributed by atoms with Crippen LogP contribution in [0.25, 0.3) is 0 Å². The molecule has 8 heteroatoms. The lowest BCUT2D eigenvalue weighted by Crippen LogP contribution is -2.50. The zero-order chi connectivity index (χ0) is 23.2. The predicted molar refractivity (Wildman–Crippen MR) is 122 cm³/mol. The summed E-state index contributed by atoms with van der Waals surface area (Å²) in [5.41, 5.74) is 1.26. The lowest BCUT2D eigenvalue weighted by Gasteiger charge is -2.39. The Hall–Kier alpha value is -2.90. The monoisotopic (exact) mass is 452 g/mol. The Morgan fingerprint density at radius 2 is 1.73 bits per heavy atom. The number of hydrogen-bond acceptors (Lipinski definition) is 7. The van der Waals surface area contributed by atoms with Crippen molar-refractivity contribution in [3.8, 4) is 17.5 Å². The second kappa shape index (κ2) is 8.47. The highest BCUT2D eigenvalue weighted by molar-refractivity contribution is 5.69. The highest BCUT2D eigenvalue weighted by Crippen LogP contribution is 2.44. The molecule has 33 heavy (non-hydrogen) atoms. The van der Waals surface area contributed by atoms with Gasteiger partial charge in [0.15, 0.2) is 5.75 Å². The first-order valence-corrected chi connectivity index (χ1v) is 11.9. The number of ether oxygens (including phenoxy) is 3. The first-order valence-electron chi connectivity index (χ1n) is 11.9. The van der Waals surface area contributed by atoms with Gasteiger partial charge in [-0.1, -0.05) is 0 Å². The standard InChI is InChI=1S/C25H32N4O4/c1-15-22(27-14-28-23(15)32-20-6-5-11-26-21(20)16-7-8-16)31-19-12-17-9-10-18(13-19)29(17)24(30)33-25(2,3)4/h5-6,11,14,16-19H,7-10,12-13H2,1-4H3. The van der Waals surface area contributed by atoms with E-state index in [0.29, 0.717) is 17.7 Å². The van der Waals surface area contributed by atoms with Crippen molar-refractivity contribution in [3.63, 3.8) is 0 Å². The van der Waals surface area contributed by atoms with Crippen LogP contribution in [0.5, 0.6) is 17.5 Å². The second-order valence-electron chi connectivity index (χ2n) is 10.4. The Balaban J connectivity index is 1.27. The van der Waals surface area contributed by atoms with Crippen molar-refractivity contribution >= 4 is 6.09 Å². The van der Waals surface area contributed by atoms with Gasteiger partial charge in [-0.05, 0) is 65.5 Å². The third kappa shape index (κ3) is 4.75. The minimum Gasteiger partial charge on any atom is -0.474 e. The zero-order valence-electron chi connectivity index (χ0n) is 19.8. The molecule has 1 aliphatic carbocycles. The number of carbonyl (C=O) groups is 1. The van der Waals surface area contributed by atoms with Crippen molar-refractivity contribution in [2.75, 3.05) is 0 Å². The molecule has 2 aromatic rings. The van der Waals surface area contributed by atoms with E-state index in [1.54, 1.807) is 6.20 Å². The van der Waals surface area contributed by atoms with Gasteiger partial charge in [-0.3, -0.25) is 4.98 Å². The van der Waals surface area contributed by atoms with E-state index in [-0.39, 0.29) is 24.3 Å². The van der Waals surface area contributed by atoms with Crippen molar-refractivity contribution < 1.29 is 19.0 Å². The summed E-state index contributed by atoms with van der Waals surface area (Å²) in [6.07, 6.45) is 8.85. The fourth-order valence-electron chi connectivity index (χ4n) is 4.89. The topological polar surface area (TPSA) is 86.7 Å². The van der Waals surface area contributed by atoms with Crippen molar-refractivity contribution in [1.29, 1.82) is 0 Å². The Labute approximate surface area is 194 Å². The van der Waals surface area contributed by atoms with Crippen LogP contribution < -0.4 is 9.47 Å². The number of hydrogen-bond donors (Lipinski definition) is 0. The van der Waals surface area contributed by atoms with Gasteiger partial charge in [-0.15, -0.1) is 0 Å². The number of amides is 1. The SMILES string of the molecule is Cc1c(Oc2cccnc2C2CC2)ncnc1OC1CC2CCC(C1)N2C(=O)OC(C)(C)C. The molecule has 3 aliphatic rings. The number of piperidine rings is 1. The molecular formula is C25H32N4O4. The Kier molecular flexibility index (Phi) is 5.62. The smallest absolute Gasteiger partial charge is 0.410 e. The molecule has 0 spiro atoms. The van der Waals surface area contributed by atoms with Gasteiger partial charge in [0, 0.05) is 37.0 Å². The summed E-state index contributed by atoms with van der Waals surface area (Å²) in [4.78, 5) is 27.9. The number of rotatable bonds is 5. The maximum Gasteiger partial charge on any atom is 0.410 e. The van der Waals surface area contributed by atoms with Crippen LogP contribution in [-0.4, -0.2) is 49.7 Å². The van der Waals surface area contributed by atoms with E-state index in [2.05, 4.69) is 15.0 Å². The number of fused-ring (bicyclic) bond motifs is 2. The molecule has 2 saturated heterocycles. The van der Waals surface area contributed by atoms with Gasteiger partial charge in [0.2, 0.25) is 11.8 Å². The van der Waals surface area contributed by atoms with Crippen LogP contribution in [0.4, 0.5) is 4.79 Å². The molecule has 2 aliphatic heterocycles. The summed E-state index contributed by atoms with van der Waals surface area (Å²) in [7, 11) is 0. The highest BCUT2D eigenvalue weighted by atomic mass is 16.6. The molecular weight excluding hydrogens is 420 g/mol. The van der Waals surface area contributed by atoms with E-state index in [4.69, 9.17) is 14.2 Å². The molecule has 1 amide bonds. The summed E-state index contributed by atoms with van der Waals surface area (Å²) < 4.78 is 18.1. The molecule has 2 unspecified atom stereocenters. The van der Waals surface area contributed by atoms with Crippen molar-refractivity contribution in [2.24, 2.45) is 0 Å². The molecule has 5 rings (SSSR count). The van der Waals surface area contributed by atoms with Crippen molar-refractivity contribution in [1.82, 2.24) is 19.9 Å². The van der Waals surface area contributed by atoms with Crippen LogP contribution in [0, 0.1) is 6.92 Å². The van der Waals surface area contributed by atoms with Gasteiger partial charge in [0.1, 0.15) is 18.0 Å². The first kappa shape index (κ1) is 21.9. The quantitative estimate of drug-likeness (QED) is 0.619. The van der Waals surface area contributed by atoms with Gasteiger partial charge in [-0.2, -0.15) is 0 Å². The summed E-state index contributed by atoms with van der Waals surface area (Å²) >= 11 is 0. The van der Waals surface area contributed by atoms with E-state index in [1.165, 1.54) is 6.33 Å². The summed E-state index contributed by atoms with van der Waals surface area (Å²) in [6, 6.07) is 4.09. The number of carbonyl (C=O) groups excluding carboxylic acids is 1. The lowest BCUT2D eigenvalue weighted by molar-refractivity contribution is -0.00772. The average molecular weight is 453 g/mol. The van der Waals surface area contributed by atoms with Crippen molar-refractivity contribution in [2.45, 2.75) is 95.9 Å². The van der Waals surface area contributed by atoms with E-state index >= 15 is 0 Å².